The third-order valence-electron chi connectivity index (χ3n) is 8.53. The SMILES string of the molecule is COc1cc(C(=O)Nc2cc(C(F)(F)F)ccn2)ccc1C1=NC([C@@H]2CC[C@H]3CC(C)(C)C(=O)N3C2)=C2C=NC=C[N+]12N. The lowest BCUT2D eigenvalue weighted by Crippen LogP contribution is -2.53. The summed E-state index contributed by atoms with van der Waals surface area (Å²) in [7, 11) is 1.44. The Balaban J connectivity index is 1.30. The molecule has 1 unspecified atom stereocenters. The van der Waals surface area contributed by atoms with Crippen LogP contribution in [0.2, 0.25) is 0 Å². The van der Waals surface area contributed by atoms with Crippen LogP contribution in [0.5, 0.6) is 5.75 Å². The van der Waals surface area contributed by atoms with Crippen molar-refractivity contribution in [1.29, 1.82) is 0 Å². The molecule has 0 bridgehead atoms. The predicted octanol–water partition coefficient (Wildman–Crippen LogP) is 4.62. The lowest BCUT2D eigenvalue weighted by atomic mass is 9.86. The normalized spacial score (nSPS) is 25.9. The third-order valence-corrected chi connectivity index (χ3v) is 8.53. The number of carbonyl (C=O) groups excluding carboxylic acids is 2. The zero-order chi connectivity index (χ0) is 30.7. The number of fused-ring (bicyclic) bond motifs is 2. The van der Waals surface area contributed by atoms with Gasteiger partial charge in [0.15, 0.2) is 0 Å². The number of methoxy groups -OCH3 is 1. The zero-order valence-corrected chi connectivity index (χ0v) is 23.9. The molecule has 0 spiro atoms. The molecule has 4 aliphatic rings. The Kier molecular flexibility index (Phi) is 6.77. The summed E-state index contributed by atoms with van der Waals surface area (Å²) < 4.78 is 44.7. The van der Waals surface area contributed by atoms with Gasteiger partial charge < -0.3 is 15.0 Å². The topological polar surface area (TPSA) is 122 Å². The fourth-order valence-electron chi connectivity index (χ4n) is 6.34. The molecular weight excluding hydrogens is 563 g/mol. The maximum absolute atomic E-state index is 13.1. The number of nitrogens with zero attached hydrogens (tertiary/aromatic N) is 5. The van der Waals surface area contributed by atoms with Crippen LogP contribution in [0, 0.1) is 11.3 Å². The molecule has 0 aliphatic carbocycles. The maximum atomic E-state index is 13.1. The van der Waals surface area contributed by atoms with E-state index in [0.717, 1.165) is 43.3 Å². The number of allylic oxidation sites excluding steroid dienone is 1. The van der Waals surface area contributed by atoms with Crippen molar-refractivity contribution in [3.05, 3.63) is 77.0 Å². The van der Waals surface area contributed by atoms with Crippen LogP contribution in [0.3, 0.4) is 0 Å². The fourth-order valence-corrected chi connectivity index (χ4v) is 6.34. The molecule has 2 fully saturated rings. The molecular formula is C30H31F3N7O3+. The number of anilines is 1. The third kappa shape index (κ3) is 4.91. The quantitative estimate of drug-likeness (QED) is 0.387. The number of carbonyl (C=O) groups is 2. The minimum Gasteiger partial charge on any atom is -0.496 e. The first-order valence-corrected chi connectivity index (χ1v) is 13.9. The molecule has 4 aliphatic heterocycles. The highest BCUT2D eigenvalue weighted by molar-refractivity contribution is 6.07. The average Bonchev–Trinajstić information content (AvgIpc) is 3.40. The Morgan fingerprint density at radius 3 is 2.74 bits per heavy atom. The van der Waals surface area contributed by atoms with Gasteiger partial charge in [-0.3, -0.25) is 14.6 Å². The van der Waals surface area contributed by atoms with Gasteiger partial charge in [-0.25, -0.2) is 4.98 Å². The van der Waals surface area contributed by atoms with Crippen LogP contribution in [-0.4, -0.2) is 58.0 Å². The van der Waals surface area contributed by atoms with E-state index in [1.165, 1.54) is 19.2 Å². The summed E-state index contributed by atoms with van der Waals surface area (Å²) in [6, 6.07) is 6.45. The molecule has 2 saturated heterocycles. The molecule has 2 amide bonds. The lowest BCUT2D eigenvalue weighted by molar-refractivity contribution is -0.750. The summed E-state index contributed by atoms with van der Waals surface area (Å²) in [6.45, 7) is 4.52. The summed E-state index contributed by atoms with van der Waals surface area (Å²) in [6.07, 6.45) is 3.93. The number of pyridine rings is 1. The van der Waals surface area contributed by atoms with Crippen molar-refractivity contribution < 1.29 is 32.1 Å². The molecule has 5 heterocycles. The molecule has 10 nitrogen and oxygen atoms in total. The summed E-state index contributed by atoms with van der Waals surface area (Å²) in [5.41, 5.74) is 0.790. The van der Waals surface area contributed by atoms with E-state index in [0.29, 0.717) is 29.4 Å². The van der Waals surface area contributed by atoms with E-state index in [4.69, 9.17) is 15.6 Å². The van der Waals surface area contributed by atoms with Gasteiger partial charge in [0.25, 0.3) is 11.7 Å². The number of ether oxygens (including phenoxy) is 1. The number of halogens is 3. The molecule has 13 heteroatoms. The monoisotopic (exact) mass is 594 g/mol. The van der Waals surface area contributed by atoms with Crippen LogP contribution in [0.15, 0.2) is 70.3 Å². The van der Waals surface area contributed by atoms with E-state index >= 15 is 0 Å². The number of hydrogen-bond donors (Lipinski definition) is 2. The van der Waals surface area contributed by atoms with Crippen molar-refractivity contribution in [3.63, 3.8) is 0 Å². The maximum Gasteiger partial charge on any atom is 0.416 e. The van der Waals surface area contributed by atoms with E-state index in [1.54, 1.807) is 24.7 Å². The molecule has 3 N–H and O–H groups in total. The Labute approximate surface area is 246 Å². The van der Waals surface area contributed by atoms with E-state index < -0.39 is 17.6 Å². The van der Waals surface area contributed by atoms with Crippen LogP contribution in [0.4, 0.5) is 19.0 Å². The Morgan fingerprint density at radius 2 is 2.00 bits per heavy atom. The number of benzene rings is 1. The van der Waals surface area contributed by atoms with E-state index in [2.05, 4.69) is 15.3 Å². The van der Waals surface area contributed by atoms with Gasteiger partial charge in [0.2, 0.25) is 11.6 Å². The Morgan fingerprint density at radius 1 is 1.21 bits per heavy atom. The molecule has 6 rings (SSSR count). The van der Waals surface area contributed by atoms with Crippen molar-refractivity contribution in [2.24, 2.45) is 27.2 Å². The van der Waals surface area contributed by atoms with Crippen molar-refractivity contribution in [1.82, 2.24) is 9.88 Å². The van der Waals surface area contributed by atoms with Gasteiger partial charge >= 0.3 is 6.18 Å². The highest BCUT2D eigenvalue weighted by Gasteiger charge is 2.51. The van der Waals surface area contributed by atoms with Crippen LogP contribution >= 0.6 is 0 Å². The van der Waals surface area contributed by atoms with Crippen molar-refractivity contribution in [2.45, 2.75) is 45.3 Å². The van der Waals surface area contributed by atoms with E-state index in [9.17, 15) is 22.8 Å². The van der Waals surface area contributed by atoms with Gasteiger partial charge in [0, 0.05) is 35.7 Å². The van der Waals surface area contributed by atoms with E-state index in [1.807, 2.05) is 18.7 Å². The van der Waals surface area contributed by atoms with Crippen molar-refractivity contribution >= 4 is 29.7 Å². The number of alkyl halides is 3. The van der Waals surface area contributed by atoms with Crippen molar-refractivity contribution in [2.75, 3.05) is 19.0 Å². The second-order valence-electron chi connectivity index (χ2n) is 11.8. The number of aliphatic imine (C=N–C) groups is 2. The van der Waals surface area contributed by atoms with Gasteiger partial charge in [-0.15, -0.1) is 4.59 Å². The Hall–Kier alpha value is -4.36. The van der Waals surface area contributed by atoms with Gasteiger partial charge in [-0.1, -0.05) is 13.8 Å². The molecule has 0 saturated carbocycles. The number of quaternary nitrogens is 1. The number of aromatic nitrogens is 1. The molecule has 224 valence electrons. The average molecular weight is 595 g/mol. The second kappa shape index (κ2) is 10.1. The number of nitrogens with two attached hydrogens (primary N) is 1. The first-order chi connectivity index (χ1) is 20.3. The number of rotatable bonds is 5. The zero-order valence-electron chi connectivity index (χ0n) is 23.9. The number of piperidine rings is 1. The fraction of sp³-hybridized carbons (Fsp3) is 0.367. The molecule has 2 aromatic rings. The number of hydrogen-bond acceptors (Lipinski definition) is 7. The molecule has 0 radical (unpaired) electrons. The highest BCUT2D eigenvalue weighted by Crippen LogP contribution is 2.45. The number of amidine groups is 1. The second-order valence-corrected chi connectivity index (χ2v) is 11.8. The van der Waals surface area contributed by atoms with Crippen LogP contribution in [-0.2, 0) is 11.0 Å². The first-order valence-electron chi connectivity index (χ1n) is 13.9. The standard InChI is InChI=1S/C30H30F3N7O3/c1-29(2)14-20-6-4-18(16-39(20)28(29)42)25-22-15-35-10-11-40(22,34)26(38-25)21-7-5-17(12-23(21)43-3)27(41)37-24-13-19(8-9-36-24)30(31,32)33/h5,7-13,15,18,20H,4,6,14,16,34H2,1-3H3/p+1/t18-,20+,40?/m1/s1. The van der Waals surface area contributed by atoms with Crippen LogP contribution in [0.1, 0.15) is 54.6 Å². The molecule has 3 atom stereocenters. The van der Waals surface area contributed by atoms with Crippen molar-refractivity contribution in [3.8, 4) is 5.75 Å². The largest absolute Gasteiger partial charge is 0.496 e. The molecule has 43 heavy (non-hydrogen) atoms. The molecule has 1 aromatic carbocycles. The van der Waals surface area contributed by atoms with Gasteiger partial charge in [0.05, 0.1) is 25.1 Å². The summed E-state index contributed by atoms with van der Waals surface area (Å²) in [5.74, 6) is 6.89. The number of nitrogens with one attached hydrogen (secondary N) is 1. The van der Waals surface area contributed by atoms with Gasteiger partial charge in [-0.05, 0) is 49.6 Å². The number of amides is 2. The van der Waals surface area contributed by atoms with Gasteiger partial charge in [0.1, 0.15) is 29.0 Å². The summed E-state index contributed by atoms with van der Waals surface area (Å²) in [4.78, 5) is 41.2. The van der Waals surface area contributed by atoms with Gasteiger partial charge in [-0.2, -0.15) is 24.0 Å². The minimum absolute atomic E-state index is 0.0448. The first kappa shape index (κ1) is 28.7. The molecule has 1 aromatic heterocycles. The van der Waals surface area contributed by atoms with Crippen LogP contribution in [0.25, 0.3) is 0 Å². The smallest absolute Gasteiger partial charge is 0.416 e. The van der Waals surface area contributed by atoms with E-state index in [-0.39, 0.29) is 39.3 Å². The predicted molar refractivity (Wildman–Crippen MR) is 152 cm³/mol. The summed E-state index contributed by atoms with van der Waals surface area (Å²) in [5, 5.41) is 2.41. The lowest BCUT2D eigenvalue weighted by Gasteiger charge is -2.35. The summed E-state index contributed by atoms with van der Waals surface area (Å²) >= 11 is 0. The Bertz CT molecular complexity index is 1650. The van der Waals surface area contributed by atoms with Crippen LogP contribution < -0.4 is 15.9 Å². The highest BCUT2D eigenvalue weighted by atomic mass is 19.4. The minimum atomic E-state index is -4.57.